The van der Waals surface area contributed by atoms with Crippen LogP contribution >= 0.6 is 0 Å². The highest BCUT2D eigenvalue weighted by Gasteiger charge is 2.42. The SMILES string of the molecule is COc1ccc([C@@H]2c3c(-c4ccccc4O)n[nH]c3C(=O)N2CCc2ccccc2)cc1OC. The van der Waals surface area contributed by atoms with Gasteiger partial charge in [0.25, 0.3) is 5.91 Å². The van der Waals surface area contributed by atoms with E-state index in [4.69, 9.17) is 9.47 Å². The van der Waals surface area contributed by atoms with Gasteiger partial charge in [0.1, 0.15) is 17.1 Å². The Morgan fingerprint density at radius 3 is 2.44 bits per heavy atom. The molecule has 0 bridgehead atoms. The molecule has 0 saturated heterocycles. The number of carbonyl (C=O) groups excluding carboxylic acids is 1. The summed E-state index contributed by atoms with van der Waals surface area (Å²) in [6, 6.07) is 22.4. The van der Waals surface area contributed by atoms with Crippen LogP contribution in [0.1, 0.15) is 33.2 Å². The first-order valence-electron chi connectivity index (χ1n) is 11.1. The van der Waals surface area contributed by atoms with Gasteiger partial charge in [-0.2, -0.15) is 5.10 Å². The fourth-order valence-corrected chi connectivity index (χ4v) is 4.57. The molecule has 1 aliphatic heterocycles. The fraction of sp³-hybridized carbons (Fsp3) is 0.185. The van der Waals surface area contributed by atoms with Gasteiger partial charge in [-0.1, -0.05) is 48.5 Å². The summed E-state index contributed by atoms with van der Waals surface area (Å²) in [6.07, 6.45) is 0.708. The van der Waals surface area contributed by atoms with Gasteiger partial charge in [-0.05, 0) is 41.8 Å². The first kappa shape index (κ1) is 21.6. The summed E-state index contributed by atoms with van der Waals surface area (Å²) in [7, 11) is 3.18. The lowest BCUT2D eigenvalue weighted by Gasteiger charge is -2.27. The number of H-pyrrole nitrogens is 1. The van der Waals surface area contributed by atoms with Crippen LogP contribution in [0.25, 0.3) is 11.3 Å². The number of aromatic amines is 1. The Bertz CT molecular complexity index is 1330. The summed E-state index contributed by atoms with van der Waals surface area (Å²) < 4.78 is 11.0. The lowest BCUT2D eigenvalue weighted by Crippen LogP contribution is -2.31. The lowest BCUT2D eigenvalue weighted by molar-refractivity contribution is 0.0745. The largest absolute Gasteiger partial charge is 0.507 e. The van der Waals surface area contributed by atoms with Crippen molar-refractivity contribution in [3.63, 3.8) is 0 Å². The van der Waals surface area contributed by atoms with Crippen molar-refractivity contribution in [3.8, 4) is 28.5 Å². The van der Waals surface area contributed by atoms with E-state index in [1.54, 1.807) is 32.4 Å². The summed E-state index contributed by atoms with van der Waals surface area (Å²) in [4.78, 5) is 15.4. The van der Waals surface area contributed by atoms with Gasteiger partial charge in [0.15, 0.2) is 11.5 Å². The molecule has 4 aromatic rings. The van der Waals surface area contributed by atoms with Crippen molar-refractivity contribution >= 4 is 5.91 Å². The third-order valence-electron chi connectivity index (χ3n) is 6.23. The van der Waals surface area contributed by atoms with Gasteiger partial charge < -0.3 is 19.5 Å². The quantitative estimate of drug-likeness (QED) is 0.426. The Morgan fingerprint density at radius 1 is 0.971 bits per heavy atom. The minimum Gasteiger partial charge on any atom is -0.507 e. The Hall–Kier alpha value is -4.26. The van der Waals surface area contributed by atoms with Gasteiger partial charge in [-0.3, -0.25) is 9.89 Å². The number of aromatic nitrogens is 2. The standard InChI is InChI=1S/C27H25N3O4/c1-33-21-13-12-18(16-22(21)34-2)26-23-24(19-10-6-7-11-20(19)31)28-29-25(23)27(32)30(26)15-14-17-8-4-3-5-9-17/h3-13,16,26,31H,14-15H2,1-2H3,(H,28,29)/t26-/m1/s1. The average Bonchev–Trinajstić information content (AvgIpc) is 3.42. The minimum atomic E-state index is -0.403. The van der Waals surface area contributed by atoms with Crippen molar-refractivity contribution in [1.29, 1.82) is 0 Å². The summed E-state index contributed by atoms with van der Waals surface area (Å²) in [5, 5.41) is 17.9. The number of hydrogen-bond donors (Lipinski definition) is 2. The zero-order valence-electron chi connectivity index (χ0n) is 19.0. The molecule has 7 heteroatoms. The zero-order valence-corrected chi connectivity index (χ0v) is 19.0. The Balaban J connectivity index is 1.62. The Labute approximate surface area is 197 Å². The molecule has 34 heavy (non-hydrogen) atoms. The first-order valence-corrected chi connectivity index (χ1v) is 11.1. The van der Waals surface area contributed by atoms with Crippen molar-refractivity contribution in [1.82, 2.24) is 15.1 Å². The fourth-order valence-electron chi connectivity index (χ4n) is 4.57. The molecule has 1 aliphatic rings. The van der Waals surface area contributed by atoms with Gasteiger partial charge in [-0.15, -0.1) is 0 Å². The van der Waals surface area contributed by atoms with Crippen LogP contribution in [0.4, 0.5) is 0 Å². The molecule has 0 unspecified atom stereocenters. The number of aromatic hydroxyl groups is 1. The molecule has 0 radical (unpaired) electrons. The molecule has 2 heterocycles. The number of phenols is 1. The van der Waals surface area contributed by atoms with Crippen molar-refractivity contribution in [2.75, 3.05) is 20.8 Å². The highest BCUT2D eigenvalue weighted by atomic mass is 16.5. The van der Waals surface area contributed by atoms with E-state index in [0.29, 0.717) is 41.4 Å². The molecule has 0 aliphatic carbocycles. The molecule has 1 atom stereocenters. The van der Waals surface area contributed by atoms with Crippen molar-refractivity contribution < 1.29 is 19.4 Å². The summed E-state index contributed by atoms with van der Waals surface area (Å²) in [5.41, 5.74) is 4.33. The van der Waals surface area contributed by atoms with E-state index in [-0.39, 0.29) is 11.7 Å². The number of nitrogens with zero attached hydrogens (tertiary/aromatic N) is 2. The van der Waals surface area contributed by atoms with E-state index in [1.807, 2.05) is 47.4 Å². The minimum absolute atomic E-state index is 0.109. The summed E-state index contributed by atoms with van der Waals surface area (Å²) in [5.74, 6) is 1.18. The molecule has 0 spiro atoms. The predicted octanol–water partition coefficient (Wildman–Crippen LogP) is 4.59. The van der Waals surface area contributed by atoms with E-state index in [2.05, 4.69) is 22.3 Å². The lowest BCUT2D eigenvalue weighted by atomic mass is 9.95. The highest BCUT2D eigenvalue weighted by molar-refractivity contribution is 6.00. The molecular formula is C27H25N3O4. The molecular weight excluding hydrogens is 430 g/mol. The number of rotatable bonds is 7. The number of para-hydroxylation sites is 1. The second kappa shape index (κ2) is 8.94. The van der Waals surface area contributed by atoms with Crippen molar-refractivity contribution in [2.24, 2.45) is 0 Å². The van der Waals surface area contributed by atoms with Crippen LogP contribution in [0.3, 0.4) is 0 Å². The smallest absolute Gasteiger partial charge is 0.273 e. The monoisotopic (exact) mass is 455 g/mol. The maximum absolute atomic E-state index is 13.5. The van der Waals surface area contributed by atoms with E-state index in [1.165, 1.54) is 0 Å². The zero-order chi connectivity index (χ0) is 23.7. The molecule has 0 saturated carbocycles. The van der Waals surface area contributed by atoms with Crippen LogP contribution in [0.15, 0.2) is 72.8 Å². The molecule has 5 rings (SSSR count). The van der Waals surface area contributed by atoms with E-state index < -0.39 is 6.04 Å². The molecule has 1 amide bonds. The second-order valence-corrected chi connectivity index (χ2v) is 8.13. The predicted molar refractivity (Wildman–Crippen MR) is 128 cm³/mol. The second-order valence-electron chi connectivity index (χ2n) is 8.13. The number of amides is 1. The van der Waals surface area contributed by atoms with Crippen LogP contribution < -0.4 is 9.47 Å². The summed E-state index contributed by atoms with van der Waals surface area (Å²) >= 11 is 0. The van der Waals surface area contributed by atoms with Gasteiger partial charge in [0.2, 0.25) is 0 Å². The number of fused-ring (bicyclic) bond motifs is 1. The molecule has 3 aromatic carbocycles. The van der Waals surface area contributed by atoms with Crippen molar-refractivity contribution in [3.05, 3.63) is 95.2 Å². The number of carbonyl (C=O) groups is 1. The Kier molecular flexibility index (Phi) is 5.67. The molecule has 7 nitrogen and oxygen atoms in total. The van der Waals surface area contributed by atoms with Crippen LogP contribution in [0.5, 0.6) is 17.2 Å². The number of methoxy groups -OCH3 is 2. The van der Waals surface area contributed by atoms with Gasteiger partial charge in [-0.25, -0.2) is 0 Å². The van der Waals surface area contributed by atoms with Gasteiger partial charge >= 0.3 is 0 Å². The topological polar surface area (TPSA) is 87.7 Å². The number of phenolic OH excluding ortho intramolecular Hbond substituents is 1. The molecule has 1 aromatic heterocycles. The number of ether oxygens (including phenoxy) is 2. The maximum Gasteiger partial charge on any atom is 0.273 e. The highest BCUT2D eigenvalue weighted by Crippen LogP contribution is 2.45. The number of benzene rings is 3. The third kappa shape index (κ3) is 3.65. The van der Waals surface area contributed by atoms with Crippen LogP contribution in [0, 0.1) is 0 Å². The normalized spacial score (nSPS) is 14.8. The Morgan fingerprint density at radius 2 is 1.71 bits per heavy atom. The van der Waals surface area contributed by atoms with Crippen molar-refractivity contribution in [2.45, 2.75) is 12.5 Å². The van der Waals surface area contributed by atoms with Crippen LogP contribution in [-0.4, -0.2) is 46.9 Å². The van der Waals surface area contributed by atoms with E-state index in [9.17, 15) is 9.90 Å². The van der Waals surface area contributed by atoms with Gasteiger partial charge in [0, 0.05) is 17.7 Å². The number of hydrogen-bond acceptors (Lipinski definition) is 5. The molecule has 2 N–H and O–H groups in total. The summed E-state index contributed by atoms with van der Waals surface area (Å²) in [6.45, 7) is 0.518. The van der Waals surface area contributed by atoms with Crippen LogP contribution in [0.2, 0.25) is 0 Å². The van der Waals surface area contributed by atoms with Crippen LogP contribution in [-0.2, 0) is 6.42 Å². The molecule has 172 valence electrons. The third-order valence-corrected chi connectivity index (χ3v) is 6.23. The van der Waals surface area contributed by atoms with Gasteiger partial charge in [0.05, 0.1) is 20.3 Å². The number of nitrogens with one attached hydrogen (secondary N) is 1. The van der Waals surface area contributed by atoms with E-state index >= 15 is 0 Å². The van der Waals surface area contributed by atoms with E-state index in [0.717, 1.165) is 16.7 Å². The first-order chi connectivity index (χ1) is 16.6. The maximum atomic E-state index is 13.5. The average molecular weight is 456 g/mol. The molecule has 0 fully saturated rings.